The Balaban J connectivity index is 1.75. The Morgan fingerprint density at radius 3 is 2.53 bits per heavy atom. The predicted molar refractivity (Wildman–Crippen MR) is 63.0 cm³/mol. The fraction of sp³-hybridized carbons (Fsp3) is 1.00. The fourth-order valence-electron chi connectivity index (χ4n) is 2.94. The first-order valence-corrected chi connectivity index (χ1v) is 6.51. The smallest absolute Gasteiger partial charge is 0.0507 e. The van der Waals surface area contributed by atoms with Gasteiger partial charge in [0.25, 0.3) is 0 Å². The Bertz CT molecular complexity index is 191. The molecule has 0 amide bonds. The maximum absolute atomic E-state index is 5.41. The number of rotatable bonds is 4. The first-order chi connectivity index (χ1) is 7.18. The second-order valence-corrected chi connectivity index (χ2v) is 5.81. The number of nitrogens with one attached hydrogen (secondary N) is 1. The summed E-state index contributed by atoms with van der Waals surface area (Å²) in [6.45, 7) is 7.82. The van der Waals surface area contributed by atoms with Gasteiger partial charge in [0.2, 0.25) is 0 Å². The molecule has 1 unspecified atom stereocenters. The molecule has 1 atom stereocenters. The van der Waals surface area contributed by atoms with Crippen molar-refractivity contribution in [2.75, 3.05) is 19.8 Å². The molecule has 0 spiro atoms. The van der Waals surface area contributed by atoms with Crippen molar-refractivity contribution in [3.8, 4) is 0 Å². The summed E-state index contributed by atoms with van der Waals surface area (Å²) in [7, 11) is 0. The van der Waals surface area contributed by atoms with Gasteiger partial charge in [0.15, 0.2) is 0 Å². The summed E-state index contributed by atoms with van der Waals surface area (Å²) in [5.41, 5.74) is 0.332. The minimum absolute atomic E-state index is 0.332. The monoisotopic (exact) mass is 211 g/mol. The van der Waals surface area contributed by atoms with Gasteiger partial charge in [0, 0.05) is 18.7 Å². The normalized spacial score (nSPS) is 28.8. The van der Waals surface area contributed by atoms with Gasteiger partial charge in [-0.2, -0.15) is 0 Å². The Morgan fingerprint density at radius 1 is 1.20 bits per heavy atom. The lowest BCUT2D eigenvalue weighted by molar-refractivity contribution is 0.178. The summed E-state index contributed by atoms with van der Waals surface area (Å²) in [4.78, 5) is 0. The molecule has 1 saturated carbocycles. The summed E-state index contributed by atoms with van der Waals surface area (Å²) in [6, 6.07) is 0. The quantitative estimate of drug-likeness (QED) is 0.771. The van der Waals surface area contributed by atoms with Crippen molar-refractivity contribution in [3.63, 3.8) is 0 Å². The van der Waals surface area contributed by atoms with Crippen molar-refractivity contribution >= 4 is 0 Å². The molecule has 2 heteroatoms. The first kappa shape index (κ1) is 11.4. The summed E-state index contributed by atoms with van der Waals surface area (Å²) in [5.74, 6) is 1.64. The second-order valence-electron chi connectivity index (χ2n) is 5.81. The van der Waals surface area contributed by atoms with Crippen LogP contribution >= 0.6 is 0 Å². The molecule has 2 aliphatic rings. The van der Waals surface area contributed by atoms with Crippen LogP contribution in [0.5, 0.6) is 0 Å². The highest BCUT2D eigenvalue weighted by molar-refractivity contribution is 4.89. The van der Waals surface area contributed by atoms with E-state index < -0.39 is 0 Å². The van der Waals surface area contributed by atoms with Crippen LogP contribution in [0.1, 0.15) is 46.0 Å². The van der Waals surface area contributed by atoms with Crippen LogP contribution in [0.3, 0.4) is 0 Å². The van der Waals surface area contributed by atoms with Crippen LogP contribution in [0.25, 0.3) is 0 Å². The van der Waals surface area contributed by atoms with E-state index in [1.54, 1.807) is 0 Å². The highest BCUT2D eigenvalue weighted by Gasteiger charge is 2.32. The maximum Gasteiger partial charge on any atom is 0.0507 e. The van der Waals surface area contributed by atoms with Crippen LogP contribution in [-0.4, -0.2) is 25.3 Å². The zero-order valence-corrected chi connectivity index (χ0v) is 10.2. The van der Waals surface area contributed by atoms with Crippen molar-refractivity contribution < 1.29 is 4.74 Å². The molecule has 0 aromatic carbocycles. The molecule has 15 heavy (non-hydrogen) atoms. The summed E-state index contributed by atoms with van der Waals surface area (Å²) in [6.07, 6.45) is 6.95. The topological polar surface area (TPSA) is 21.3 Å². The van der Waals surface area contributed by atoms with E-state index in [0.717, 1.165) is 31.6 Å². The van der Waals surface area contributed by atoms with E-state index in [1.807, 2.05) is 0 Å². The van der Waals surface area contributed by atoms with Crippen molar-refractivity contribution in [1.82, 2.24) is 5.32 Å². The number of hydrogen-bond donors (Lipinski definition) is 1. The van der Waals surface area contributed by atoms with Gasteiger partial charge in [-0.3, -0.25) is 0 Å². The third-order valence-corrected chi connectivity index (χ3v) is 4.25. The molecule has 2 fully saturated rings. The predicted octanol–water partition coefficient (Wildman–Crippen LogP) is 2.58. The molecule has 0 aromatic rings. The highest BCUT2D eigenvalue weighted by atomic mass is 16.5. The van der Waals surface area contributed by atoms with Crippen LogP contribution in [-0.2, 0) is 4.74 Å². The van der Waals surface area contributed by atoms with E-state index in [0.29, 0.717) is 5.54 Å². The van der Waals surface area contributed by atoms with E-state index in [4.69, 9.17) is 4.74 Å². The van der Waals surface area contributed by atoms with Gasteiger partial charge in [-0.15, -0.1) is 0 Å². The van der Waals surface area contributed by atoms with Crippen molar-refractivity contribution in [3.05, 3.63) is 0 Å². The van der Waals surface area contributed by atoms with E-state index in [9.17, 15) is 0 Å². The minimum Gasteiger partial charge on any atom is -0.381 e. The van der Waals surface area contributed by atoms with Gasteiger partial charge in [-0.05, 0) is 44.9 Å². The Kier molecular flexibility index (Phi) is 3.68. The van der Waals surface area contributed by atoms with E-state index >= 15 is 0 Å². The molecule has 2 nitrogen and oxygen atoms in total. The fourth-order valence-corrected chi connectivity index (χ4v) is 2.94. The molecule has 2 rings (SSSR count). The first-order valence-electron chi connectivity index (χ1n) is 6.51. The molecular weight excluding hydrogens is 186 g/mol. The zero-order valence-electron chi connectivity index (χ0n) is 10.2. The van der Waals surface area contributed by atoms with Gasteiger partial charge in [-0.1, -0.05) is 12.8 Å². The maximum atomic E-state index is 5.41. The van der Waals surface area contributed by atoms with E-state index in [-0.39, 0.29) is 0 Å². The Labute approximate surface area is 93.8 Å². The van der Waals surface area contributed by atoms with Crippen LogP contribution in [0, 0.1) is 11.8 Å². The molecule has 1 N–H and O–H groups in total. The molecule has 1 heterocycles. The van der Waals surface area contributed by atoms with Crippen molar-refractivity contribution in [2.24, 2.45) is 11.8 Å². The standard InChI is InChI=1S/C13H25NO/c1-13(2,12-5-3-4-6-12)14-9-11-7-8-15-10-11/h11-12,14H,3-10H2,1-2H3. The molecule has 0 aromatic heterocycles. The van der Waals surface area contributed by atoms with Gasteiger partial charge < -0.3 is 10.1 Å². The van der Waals surface area contributed by atoms with Crippen LogP contribution in [0.15, 0.2) is 0 Å². The van der Waals surface area contributed by atoms with Gasteiger partial charge in [0.05, 0.1) is 6.61 Å². The van der Waals surface area contributed by atoms with Crippen molar-refractivity contribution in [1.29, 1.82) is 0 Å². The average Bonchev–Trinajstić information content (AvgIpc) is 2.88. The third kappa shape index (κ3) is 2.94. The lowest BCUT2D eigenvalue weighted by Gasteiger charge is -2.34. The van der Waals surface area contributed by atoms with Gasteiger partial charge >= 0.3 is 0 Å². The van der Waals surface area contributed by atoms with Crippen LogP contribution in [0.4, 0.5) is 0 Å². The zero-order chi connectivity index (χ0) is 10.7. The Hall–Kier alpha value is -0.0800. The number of ether oxygens (including phenoxy) is 1. The summed E-state index contributed by atoms with van der Waals surface area (Å²) in [5, 5.41) is 3.76. The SMILES string of the molecule is CC(C)(NCC1CCOC1)C1CCCC1. The third-order valence-electron chi connectivity index (χ3n) is 4.25. The molecule has 1 aliphatic heterocycles. The minimum atomic E-state index is 0.332. The lowest BCUT2D eigenvalue weighted by atomic mass is 9.85. The molecule has 0 bridgehead atoms. The molecule has 1 saturated heterocycles. The highest BCUT2D eigenvalue weighted by Crippen LogP contribution is 2.33. The Morgan fingerprint density at radius 2 is 1.93 bits per heavy atom. The molecule has 88 valence electrons. The van der Waals surface area contributed by atoms with Gasteiger partial charge in [-0.25, -0.2) is 0 Å². The lowest BCUT2D eigenvalue weighted by Crippen LogP contribution is -2.47. The average molecular weight is 211 g/mol. The van der Waals surface area contributed by atoms with Crippen LogP contribution < -0.4 is 5.32 Å². The summed E-state index contributed by atoms with van der Waals surface area (Å²) < 4.78 is 5.41. The van der Waals surface area contributed by atoms with Gasteiger partial charge in [0.1, 0.15) is 0 Å². The van der Waals surface area contributed by atoms with Crippen LogP contribution in [0.2, 0.25) is 0 Å². The summed E-state index contributed by atoms with van der Waals surface area (Å²) >= 11 is 0. The second kappa shape index (κ2) is 4.84. The van der Waals surface area contributed by atoms with E-state index in [2.05, 4.69) is 19.2 Å². The van der Waals surface area contributed by atoms with E-state index in [1.165, 1.54) is 32.1 Å². The van der Waals surface area contributed by atoms with Crippen molar-refractivity contribution in [2.45, 2.75) is 51.5 Å². The molecular formula is C13H25NO. The number of hydrogen-bond acceptors (Lipinski definition) is 2. The molecule has 1 aliphatic carbocycles. The molecule has 0 radical (unpaired) electrons. The largest absolute Gasteiger partial charge is 0.381 e.